The lowest BCUT2D eigenvalue weighted by Gasteiger charge is -2.13. The van der Waals surface area contributed by atoms with Crippen molar-refractivity contribution >= 4 is 5.91 Å². The van der Waals surface area contributed by atoms with Gasteiger partial charge < -0.3 is 19.2 Å². The number of carbonyl (C=O) groups excluding carboxylic acids is 1. The number of benzene rings is 1. The Bertz CT molecular complexity index is 578. The van der Waals surface area contributed by atoms with E-state index < -0.39 is 0 Å². The van der Waals surface area contributed by atoms with Gasteiger partial charge in [0, 0.05) is 5.56 Å². The van der Waals surface area contributed by atoms with Gasteiger partial charge in [-0.05, 0) is 37.3 Å². The number of amides is 1. The Morgan fingerprint density at radius 2 is 1.95 bits per heavy atom. The van der Waals surface area contributed by atoms with Gasteiger partial charge in [0.1, 0.15) is 5.76 Å². The molecule has 2 aromatic rings. The van der Waals surface area contributed by atoms with Crippen LogP contribution >= 0.6 is 0 Å². The van der Waals surface area contributed by atoms with Crippen molar-refractivity contribution in [1.29, 1.82) is 0 Å². The molecule has 2 rings (SSSR count). The molecule has 1 atom stereocenters. The van der Waals surface area contributed by atoms with Crippen molar-refractivity contribution in [2.24, 2.45) is 0 Å². The fraction of sp³-hybridized carbons (Fsp3) is 0.267. The molecule has 0 aliphatic carbocycles. The monoisotopic (exact) mass is 275 g/mol. The first-order valence-corrected chi connectivity index (χ1v) is 6.22. The molecule has 0 aliphatic heterocycles. The average molecular weight is 275 g/mol. The second kappa shape index (κ2) is 6.14. The van der Waals surface area contributed by atoms with Crippen LogP contribution in [0.4, 0.5) is 0 Å². The summed E-state index contributed by atoms with van der Waals surface area (Å²) in [5, 5.41) is 2.86. The minimum absolute atomic E-state index is 0.199. The van der Waals surface area contributed by atoms with E-state index in [1.165, 1.54) is 7.11 Å². The van der Waals surface area contributed by atoms with Crippen LogP contribution in [0.3, 0.4) is 0 Å². The SMILES string of the molecule is COc1ccc(C(=O)N[C@H](C)c2ccco2)cc1OC. The van der Waals surface area contributed by atoms with Gasteiger partial charge in [-0.3, -0.25) is 4.79 Å². The molecular formula is C15H17NO4. The Morgan fingerprint density at radius 3 is 2.55 bits per heavy atom. The molecule has 20 heavy (non-hydrogen) atoms. The number of carbonyl (C=O) groups is 1. The van der Waals surface area contributed by atoms with Crippen LogP contribution in [0.25, 0.3) is 0 Å². The summed E-state index contributed by atoms with van der Waals surface area (Å²) in [4.78, 5) is 12.2. The van der Waals surface area contributed by atoms with Crippen LogP contribution in [0.5, 0.6) is 11.5 Å². The van der Waals surface area contributed by atoms with Crippen LogP contribution in [-0.2, 0) is 0 Å². The first-order valence-electron chi connectivity index (χ1n) is 6.22. The molecule has 106 valence electrons. The normalized spacial score (nSPS) is 11.8. The summed E-state index contributed by atoms with van der Waals surface area (Å²) >= 11 is 0. The third kappa shape index (κ3) is 2.93. The molecule has 1 aromatic heterocycles. The van der Waals surface area contributed by atoms with Gasteiger partial charge in [0.25, 0.3) is 5.91 Å². The predicted molar refractivity (Wildman–Crippen MR) is 74.1 cm³/mol. The molecule has 0 bridgehead atoms. The van der Waals surface area contributed by atoms with Crippen LogP contribution in [0.1, 0.15) is 29.1 Å². The molecule has 0 fully saturated rings. The number of furan rings is 1. The number of nitrogens with one attached hydrogen (secondary N) is 1. The predicted octanol–water partition coefficient (Wildman–Crippen LogP) is 2.79. The summed E-state index contributed by atoms with van der Waals surface area (Å²) < 4.78 is 15.6. The van der Waals surface area contributed by atoms with E-state index in [4.69, 9.17) is 13.9 Å². The van der Waals surface area contributed by atoms with Crippen LogP contribution in [0.2, 0.25) is 0 Å². The molecule has 5 nitrogen and oxygen atoms in total. The van der Waals surface area contributed by atoms with Crippen molar-refractivity contribution in [2.45, 2.75) is 13.0 Å². The first-order chi connectivity index (χ1) is 9.65. The molecule has 1 amide bonds. The third-order valence-corrected chi connectivity index (χ3v) is 2.96. The summed E-state index contributed by atoms with van der Waals surface area (Å²) in [5.74, 6) is 1.61. The fourth-order valence-corrected chi connectivity index (χ4v) is 1.87. The second-order valence-corrected chi connectivity index (χ2v) is 4.28. The van der Waals surface area contributed by atoms with Gasteiger partial charge >= 0.3 is 0 Å². The highest BCUT2D eigenvalue weighted by atomic mass is 16.5. The highest BCUT2D eigenvalue weighted by molar-refractivity contribution is 5.95. The number of rotatable bonds is 5. The minimum atomic E-state index is -0.203. The Labute approximate surface area is 117 Å². The average Bonchev–Trinajstić information content (AvgIpc) is 3.00. The van der Waals surface area contributed by atoms with E-state index in [1.54, 1.807) is 37.6 Å². The molecule has 1 heterocycles. The van der Waals surface area contributed by atoms with Crippen molar-refractivity contribution in [1.82, 2.24) is 5.32 Å². The zero-order valence-corrected chi connectivity index (χ0v) is 11.7. The molecule has 0 saturated carbocycles. The van der Waals surface area contributed by atoms with E-state index in [0.29, 0.717) is 22.8 Å². The highest BCUT2D eigenvalue weighted by Gasteiger charge is 2.15. The number of ether oxygens (including phenoxy) is 2. The molecule has 5 heteroatoms. The Kier molecular flexibility index (Phi) is 4.30. The molecule has 1 aromatic carbocycles. The molecule has 0 saturated heterocycles. The maximum absolute atomic E-state index is 12.2. The standard InChI is InChI=1S/C15H17NO4/c1-10(12-5-4-8-20-12)16-15(17)11-6-7-13(18-2)14(9-11)19-3/h4-10H,1-3H3,(H,16,17)/t10-/m1/s1. The molecule has 0 spiro atoms. The van der Waals surface area contributed by atoms with Gasteiger partial charge in [-0.1, -0.05) is 0 Å². The van der Waals surface area contributed by atoms with E-state index in [0.717, 1.165) is 0 Å². The Morgan fingerprint density at radius 1 is 1.20 bits per heavy atom. The van der Waals surface area contributed by atoms with Gasteiger partial charge in [-0.2, -0.15) is 0 Å². The van der Waals surface area contributed by atoms with E-state index >= 15 is 0 Å². The van der Waals surface area contributed by atoms with E-state index in [-0.39, 0.29) is 11.9 Å². The van der Waals surface area contributed by atoms with Gasteiger partial charge in [0.15, 0.2) is 11.5 Å². The van der Waals surface area contributed by atoms with Crippen molar-refractivity contribution in [3.8, 4) is 11.5 Å². The zero-order chi connectivity index (χ0) is 14.5. The van der Waals surface area contributed by atoms with Gasteiger partial charge in [0.2, 0.25) is 0 Å². The maximum atomic E-state index is 12.2. The van der Waals surface area contributed by atoms with Crippen molar-refractivity contribution in [3.05, 3.63) is 47.9 Å². The molecule has 0 radical (unpaired) electrons. The van der Waals surface area contributed by atoms with Gasteiger partial charge in [-0.25, -0.2) is 0 Å². The lowest BCUT2D eigenvalue weighted by molar-refractivity contribution is 0.0935. The van der Waals surface area contributed by atoms with E-state index in [1.807, 2.05) is 13.0 Å². The zero-order valence-electron chi connectivity index (χ0n) is 11.7. The minimum Gasteiger partial charge on any atom is -0.493 e. The van der Waals surface area contributed by atoms with Crippen LogP contribution in [0.15, 0.2) is 41.0 Å². The van der Waals surface area contributed by atoms with Crippen molar-refractivity contribution in [2.75, 3.05) is 14.2 Å². The smallest absolute Gasteiger partial charge is 0.252 e. The quantitative estimate of drug-likeness (QED) is 0.911. The van der Waals surface area contributed by atoms with Gasteiger partial charge in [-0.15, -0.1) is 0 Å². The summed E-state index contributed by atoms with van der Waals surface area (Å²) in [6, 6.07) is 8.43. The summed E-state index contributed by atoms with van der Waals surface area (Å²) in [6.45, 7) is 1.86. The second-order valence-electron chi connectivity index (χ2n) is 4.28. The highest BCUT2D eigenvalue weighted by Crippen LogP contribution is 2.27. The maximum Gasteiger partial charge on any atom is 0.252 e. The number of hydrogen-bond acceptors (Lipinski definition) is 4. The number of hydrogen-bond donors (Lipinski definition) is 1. The third-order valence-electron chi connectivity index (χ3n) is 2.96. The molecule has 1 N–H and O–H groups in total. The van der Waals surface area contributed by atoms with Gasteiger partial charge in [0.05, 0.1) is 26.5 Å². The van der Waals surface area contributed by atoms with E-state index in [9.17, 15) is 4.79 Å². The summed E-state index contributed by atoms with van der Waals surface area (Å²) in [7, 11) is 3.08. The van der Waals surface area contributed by atoms with Crippen LogP contribution in [-0.4, -0.2) is 20.1 Å². The van der Waals surface area contributed by atoms with E-state index in [2.05, 4.69) is 5.32 Å². The lowest BCUT2D eigenvalue weighted by Crippen LogP contribution is -2.26. The summed E-state index contributed by atoms with van der Waals surface area (Å²) in [6.07, 6.45) is 1.58. The Balaban J connectivity index is 2.13. The van der Waals surface area contributed by atoms with Crippen LogP contribution < -0.4 is 14.8 Å². The Hall–Kier alpha value is -2.43. The number of methoxy groups -OCH3 is 2. The van der Waals surface area contributed by atoms with Crippen molar-refractivity contribution in [3.63, 3.8) is 0 Å². The first kappa shape index (κ1) is 14.0. The molecular weight excluding hydrogens is 258 g/mol. The largest absolute Gasteiger partial charge is 0.493 e. The molecule has 0 aliphatic rings. The topological polar surface area (TPSA) is 60.7 Å². The van der Waals surface area contributed by atoms with Crippen molar-refractivity contribution < 1.29 is 18.7 Å². The molecule has 0 unspecified atom stereocenters. The fourth-order valence-electron chi connectivity index (χ4n) is 1.87. The lowest BCUT2D eigenvalue weighted by atomic mass is 10.1. The summed E-state index contributed by atoms with van der Waals surface area (Å²) in [5.41, 5.74) is 0.501. The van der Waals surface area contributed by atoms with Crippen LogP contribution in [0, 0.1) is 0 Å².